The number of aromatic nitrogens is 2. The second-order valence-electron chi connectivity index (χ2n) is 2.96. The molecular weight excluding hydrogens is 196 g/mol. The van der Waals surface area contributed by atoms with Crippen LogP contribution in [0, 0.1) is 0 Å². The van der Waals surface area contributed by atoms with Gasteiger partial charge in [0.25, 0.3) is 0 Å². The first-order valence-electron chi connectivity index (χ1n) is 4.62. The highest BCUT2D eigenvalue weighted by Gasteiger charge is 2.15. The molecular formula is C10H14N2OS. The molecule has 1 rings (SSSR count). The average Bonchev–Trinajstić information content (AvgIpc) is 2.18. The summed E-state index contributed by atoms with van der Waals surface area (Å²) in [6.45, 7) is 3.67. The van der Waals surface area contributed by atoms with Gasteiger partial charge in [-0.2, -0.15) is 11.8 Å². The van der Waals surface area contributed by atoms with Crippen LogP contribution >= 0.6 is 11.8 Å². The van der Waals surface area contributed by atoms with Gasteiger partial charge in [0.2, 0.25) is 0 Å². The largest absolute Gasteiger partial charge is 0.300 e. The van der Waals surface area contributed by atoms with E-state index in [2.05, 4.69) is 16.9 Å². The van der Waals surface area contributed by atoms with Crippen LogP contribution in [-0.2, 0) is 4.79 Å². The van der Waals surface area contributed by atoms with Crippen LogP contribution in [0.25, 0.3) is 0 Å². The first-order chi connectivity index (χ1) is 6.74. The van der Waals surface area contributed by atoms with Gasteiger partial charge in [0.15, 0.2) is 0 Å². The molecule has 4 heteroatoms. The first-order valence-corrected chi connectivity index (χ1v) is 5.67. The number of hydrogen-bond acceptors (Lipinski definition) is 4. The van der Waals surface area contributed by atoms with Crippen molar-refractivity contribution >= 4 is 17.5 Å². The van der Waals surface area contributed by atoms with Crippen molar-refractivity contribution in [3.63, 3.8) is 0 Å². The third kappa shape index (κ3) is 3.46. The van der Waals surface area contributed by atoms with Crippen LogP contribution in [0.3, 0.4) is 0 Å². The Morgan fingerprint density at radius 2 is 2.14 bits per heavy atom. The maximum atomic E-state index is 11.0. The second-order valence-corrected chi connectivity index (χ2v) is 4.44. The molecule has 0 radical (unpaired) electrons. The lowest BCUT2D eigenvalue weighted by molar-refractivity contribution is -0.117. The predicted octanol–water partition coefficient (Wildman–Crippen LogP) is 2.25. The van der Waals surface area contributed by atoms with Crippen LogP contribution in [0.4, 0.5) is 0 Å². The Morgan fingerprint density at radius 3 is 2.64 bits per heavy atom. The molecule has 0 aliphatic carbocycles. The number of rotatable bonds is 5. The van der Waals surface area contributed by atoms with Gasteiger partial charge in [-0.1, -0.05) is 6.92 Å². The van der Waals surface area contributed by atoms with E-state index in [1.54, 1.807) is 37.1 Å². The summed E-state index contributed by atoms with van der Waals surface area (Å²) in [7, 11) is 0. The zero-order valence-electron chi connectivity index (χ0n) is 8.43. The van der Waals surface area contributed by atoms with Gasteiger partial charge in [-0.15, -0.1) is 0 Å². The van der Waals surface area contributed by atoms with Crippen LogP contribution < -0.4 is 0 Å². The summed E-state index contributed by atoms with van der Waals surface area (Å²) in [5.74, 6) is 1.91. The minimum absolute atomic E-state index is 0.110. The fourth-order valence-electron chi connectivity index (χ4n) is 1.16. The van der Waals surface area contributed by atoms with E-state index >= 15 is 0 Å². The number of Topliss-reactive ketones (excluding diaryl/α,β-unsaturated/α-hetero) is 1. The summed E-state index contributed by atoms with van der Waals surface area (Å²) in [6.07, 6.45) is 3.94. The molecule has 1 atom stereocenters. The number of thioether (sulfide) groups is 1. The molecule has 1 heterocycles. The zero-order valence-corrected chi connectivity index (χ0v) is 9.25. The van der Waals surface area contributed by atoms with Gasteiger partial charge in [-0.3, -0.25) is 4.79 Å². The summed E-state index contributed by atoms with van der Waals surface area (Å²) in [5, 5.41) is 0.110. The van der Waals surface area contributed by atoms with Crippen LogP contribution in [0.15, 0.2) is 18.5 Å². The molecule has 76 valence electrons. The van der Waals surface area contributed by atoms with Gasteiger partial charge in [0.05, 0.1) is 5.25 Å². The lowest BCUT2D eigenvalue weighted by Gasteiger charge is -2.11. The van der Waals surface area contributed by atoms with Crippen molar-refractivity contribution < 1.29 is 4.79 Å². The summed E-state index contributed by atoms with van der Waals surface area (Å²) < 4.78 is 0. The Hall–Kier alpha value is -0.900. The predicted molar refractivity (Wildman–Crippen MR) is 58.2 cm³/mol. The van der Waals surface area contributed by atoms with Crippen molar-refractivity contribution in [3.8, 4) is 0 Å². The number of ketones is 1. The van der Waals surface area contributed by atoms with E-state index in [4.69, 9.17) is 0 Å². The number of hydrogen-bond donors (Lipinski definition) is 0. The molecule has 1 aromatic rings. The van der Waals surface area contributed by atoms with E-state index in [-0.39, 0.29) is 11.0 Å². The Bertz CT molecular complexity index is 289. The molecule has 1 aromatic heterocycles. The fourth-order valence-corrected chi connectivity index (χ4v) is 2.19. The van der Waals surface area contributed by atoms with Crippen molar-refractivity contribution in [2.24, 2.45) is 0 Å². The third-order valence-corrected chi connectivity index (χ3v) is 2.83. The van der Waals surface area contributed by atoms with E-state index in [9.17, 15) is 4.79 Å². The molecule has 14 heavy (non-hydrogen) atoms. The maximum Gasteiger partial charge on any atom is 0.141 e. The SMILES string of the molecule is CCSC(CC(C)=O)c1ncccn1. The lowest BCUT2D eigenvalue weighted by Crippen LogP contribution is -2.05. The summed E-state index contributed by atoms with van der Waals surface area (Å²) in [6, 6.07) is 1.78. The van der Waals surface area contributed by atoms with Gasteiger partial charge in [-0.05, 0) is 18.7 Å². The van der Waals surface area contributed by atoms with Crippen LogP contribution in [0.1, 0.15) is 31.3 Å². The quantitative estimate of drug-likeness (QED) is 0.747. The summed E-state index contributed by atoms with van der Waals surface area (Å²) >= 11 is 1.71. The minimum Gasteiger partial charge on any atom is -0.300 e. The first kappa shape index (κ1) is 11.2. The highest BCUT2D eigenvalue weighted by atomic mass is 32.2. The number of carbonyl (C=O) groups is 1. The smallest absolute Gasteiger partial charge is 0.141 e. The van der Waals surface area contributed by atoms with Crippen molar-refractivity contribution in [1.82, 2.24) is 9.97 Å². The van der Waals surface area contributed by atoms with Crippen molar-refractivity contribution in [2.45, 2.75) is 25.5 Å². The fraction of sp³-hybridized carbons (Fsp3) is 0.500. The molecule has 0 aliphatic heterocycles. The molecule has 0 aliphatic rings. The van der Waals surface area contributed by atoms with Crippen LogP contribution in [-0.4, -0.2) is 21.5 Å². The van der Waals surface area contributed by atoms with Gasteiger partial charge in [-0.25, -0.2) is 9.97 Å². The van der Waals surface area contributed by atoms with Gasteiger partial charge < -0.3 is 0 Å². The van der Waals surface area contributed by atoms with Crippen molar-refractivity contribution in [2.75, 3.05) is 5.75 Å². The molecule has 0 saturated heterocycles. The zero-order chi connectivity index (χ0) is 10.4. The highest BCUT2D eigenvalue weighted by molar-refractivity contribution is 7.99. The third-order valence-electron chi connectivity index (χ3n) is 1.71. The molecule has 0 N–H and O–H groups in total. The van der Waals surface area contributed by atoms with E-state index in [1.165, 1.54) is 0 Å². The molecule has 1 unspecified atom stereocenters. The lowest BCUT2D eigenvalue weighted by atomic mass is 10.2. The summed E-state index contributed by atoms with van der Waals surface area (Å²) in [4.78, 5) is 19.4. The topological polar surface area (TPSA) is 42.9 Å². The van der Waals surface area contributed by atoms with E-state index < -0.39 is 0 Å². The molecule has 3 nitrogen and oxygen atoms in total. The van der Waals surface area contributed by atoms with Gasteiger partial charge in [0.1, 0.15) is 11.6 Å². The summed E-state index contributed by atoms with van der Waals surface area (Å²) in [5.41, 5.74) is 0. The normalized spacial score (nSPS) is 12.4. The Balaban J connectivity index is 2.72. The van der Waals surface area contributed by atoms with Crippen molar-refractivity contribution in [3.05, 3.63) is 24.3 Å². The van der Waals surface area contributed by atoms with Gasteiger partial charge in [0, 0.05) is 18.8 Å². The van der Waals surface area contributed by atoms with Crippen LogP contribution in [0.5, 0.6) is 0 Å². The number of nitrogens with zero attached hydrogens (tertiary/aromatic N) is 2. The second kappa shape index (κ2) is 5.75. The highest BCUT2D eigenvalue weighted by Crippen LogP contribution is 2.29. The van der Waals surface area contributed by atoms with E-state index in [1.807, 2.05) is 0 Å². The van der Waals surface area contributed by atoms with E-state index in [0.717, 1.165) is 11.6 Å². The number of carbonyl (C=O) groups excluding carboxylic acids is 1. The Morgan fingerprint density at radius 1 is 1.50 bits per heavy atom. The monoisotopic (exact) mass is 210 g/mol. The van der Waals surface area contributed by atoms with Gasteiger partial charge >= 0.3 is 0 Å². The van der Waals surface area contributed by atoms with E-state index in [0.29, 0.717) is 6.42 Å². The van der Waals surface area contributed by atoms with Crippen molar-refractivity contribution in [1.29, 1.82) is 0 Å². The Labute approximate surface area is 88.3 Å². The molecule has 0 spiro atoms. The molecule has 0 fully saturated rings. The van der Waals surface area contributed by atoms with Crippen LogP contribution in [0.2, 0.25) is 0 Å². The molecule has 0 amide bonds. The standard InChI is InChI=1S/C10H14N2OS/c1-3-14-9(7-8(2)13)10-11-5-4-6-12-10/h4-6,9H,3,7H2,1-2H3. The maximum absolute atomic E-state index is 11.0. The molecule has 0 bridgehead atoms. The molecule has 0 saturated carbocycles. The Kier molecular flexibility index (Phi) is 4.59. The minimum atomic E-state index is 0.110. The molecule has 0 aromatic carbocycles. The average molecular weight is 210 g/mol.